The van der Waals surface area contributed by atoms with E-state index in [0.717, 1.165) is 11.1 Å². The number of nitrogens with zero attached hydrogens (tertiary/aromatic N) is 3. The summed E-state index contributed by atoms with van der Waals surface area (Å²) in [4.78, 5) is 15.0. The molecule has 0 bridgehead atoms. The Bertz CT molecular complexity index is 922. The van der Waals surface area contributed by atoms with Crippen molar-refractivity contribution in [3.8, 4) is 0 Å². The van der Waals surface area contributed by atoms with E-state index in [-0.39, 0.29) is 18.8 Å². The minimum Gasteiger partial charge on any atom is -0.441 e. The quantitative estimate of drug-likeness (QED) is 0.302. The van der Waals surface area contributed by atoms with Gasteiger partial charge in [-0.1, -0.05) is 65.8 Å². The number of epoxide rings is 1. The van der Waals surface area contributed by atoms with Gasteiger partial charge in [0.1, 0.15) is 18.3 Å². The summed E-state index contributed by atoms with van der Waals surface area (Å²) >= 11 is 0. The molecule has 0 unspecified atom stereocenters. The number of amides is 1. The van der Waals surface area contributed by atoms with Crippen molar-refractivity contribution in [2.45, 2.75) is 49.8 Å². The summed E-state index contributed by atoms with van der Waals surface area (Å²) in [5.74, 6) is 0. The third-order valence-electron chi connectivity index (χ3n) is 5.41. The molecular weight excluding hydrogens is 400 g/mol. The monoisotopic (exact) mass is 424 g/mol. The van der Waals surface area contributed by atoms with E-state index >= 15 is 0 Å². The Kier molecular flexibility index (Phi) is 6.69. The zero-order valence-corrected chi connectivity index (χ0v) is 17.0. The van der Waals surface area contributed by atoms with Gasteiger partial charge in [0.25, 0.3) is 0 Å². The molecule has 2 aromatic rings. The van der Waals surface area contributed by atoms with Crippen LogP contribution in [0.3, 0.4) is 0 Å². The number of nitrogens with one attached hydrogen (secondary N) is 1. The molecule has 1 aliphatic carbocycles. The Balaban J connectivity index is 1.55. The molecule has 1 aliphatic heterocycles. The summed E-state index contributed by atoms with van der Waals surface area (Å²) in [5, 5.41) is 6.41. The third kappa shape index (κ3) is 4.98. The van der Waals surface area contributed by atoms with Crippen molar-refractivity contribution in [3.05, 3.63) is 82.2 Å². The van der Waals surface area contributed by atoms with Crippen molar-refractivity contribution in [3.63, 3.8) is 0 Å². The Labute approximate surface area is 179 Å². The predicted molar refractivity (Wildman–Crippen MR) is 111 cm³/mol. The second-order valence-corrected chi connectivity index (χ2v) is 7.40. The predicted octanol–water partition coefficient (Wildman–Crippen LogP) is 3.34. The van der Waals surface area contributed by atoms with Crippen molar-refractivity contribution in [1.29, 1.82) is 0 Å². The fourth-order valence-corrected chi connectivity index (χ4v) is 3.86. The zero-order chi connectivity index (χ0) is 21.6. The van der Waals surface area contributed by atoms with Gasteiger partial charge in [-0.25, -0.2) is 4.79 Å². The number of carbonyl (C=O) groups excluding carboxylic acids is 1. The van der Waals surface area contributed by atoms with Crippen LogP contribution in [0.25, 0.3) is 10.4 Å². The average molecular weight is 424 g/mol. The van der Waals surface area contributed by atoms with Gasteiger partial charge in [-0.15, -0.1) is 0 Å². The lowest BCUT2D eigenvalue weighted by Gasteiger charge is -2.37. The van der Waals surface area contributed by atoms with E-state index < -0.39 is 30.4 Å². The van der Waals surface area contributed by atoms with Crippen molar-refractivity contribution in [2.75, 3.05) is 7.05 Å². The van der Waals surface area contributed by atoms with E-state index in [1.807, 2.05) is 60.7 Å². The maximum atomic E-state index is 11.9. The van der Waals surface area contributed by atoms with Crippen LogP contribution < -0.4 is 5.32 Å². The molecule has 0 aromatic heterocycles. The maximum absolute atomic E-state index is 11.9. The molecule has 0 radical (unpaired) electrons. The van der Waals surface area contributed by atoms with Gasteiger partial charge >= 0.3 is 6.09 Å². The molecule has 1 saturated carbocycles. The van der Waals surface area contributed by atoms with Crippen LogP contribution in [-0.4, -0.2) is 49.7 Å². The lowest BCUT2D eigenvalue weighted by Crippen LogP contribution is -2.56. The number of benzene rings is 2. The number of rotatable bonds is 8. The number of alkyl carbamates (subject to hydrolysis) is 1. The molecule has 9 heteroatoms. The van der Waals surface area contributed by atoms with Gasteiger partial charge in [-0.2, -0.15) is 0 Å². The summed E-state index contributed by atoms with van der Waals surface area (Å²) in [6.45, 7) is 0.598. The topological polar surface area (TPSA) is 118 Å². The molecule has 9 nitrogen and oxygen atoms in total. The minimum atomic E-state index is -0.726. The van der Waals surface area contributed by atoms with Crippen LogP contribution in [0, 0.1) is 0 Å². The number of hydrogen-bond acceptors (Lipinski definition) is 6. The fourth-order valence-electron chi connectivity index (χ4n) is 3.86. The first-order chi connectivity index (χ1) is 15.2. The SMILES string of the molecule is CNC(=O)O[C@@H]1[C@H]2O[C@H]2[C@@H](OCc2ccccc2)[C@H](N=[N+]=[N-])[C@H]1OCc1ccccc1. The van der Waals surface area contributed by atoms with Gasteiger partial charge in [0, 0.05) is 12.0 Å². The summed E-state index contributed by atoms with van der Waals surface area (Å²) in [7, 11) is 1.48. The Morgan fingerprint density at radius 3 is 2.06 bits per heavy atom. The molecule has 1 saturated heterocycles. The van der Waals surface area contributed by atoms with Crippen molar-refractivity contribution >= 4 is 6.09 Å². The van der Waals surface area contributed by atoms with Gasteiger partial charge in [0.2, 0.25) is 0 Å². The highest BCUT2D eigenvalue weighted by atomic mass is 16.7. The van der Waals surface area contributed by atoms with Gasteiger partial charge in [0.15, 0.2) is 6.10 Å². The lowest BCUT2D eigenvalue weighted by molar-refractivity contribution is -0.112. The van der Waals surface area contributed by atoms with Crippen molar-refractivity contribution in [2.24, 2.45) is 5.11 Å². The molecule has 2 aliphatic rings. The molecule has 0 spiro atoms. The molecule has 6 atom stereocenters. The highest BCUT2D eigenvalue weighted by molar-refractivity contribution is 5.67. The van der Waals surface area contributed by atoms with Crippen LogP contribution in [0.5, 0.6) is 0 Å². The Morgan fingerprint density at radius 1 is 0.968 bits per heavy atom. The van der Waals surface area contributed by atoms with Gasteiger partial charge in [-0.05, 0) is 16.7 Å². The number of fused-ring (bicyclic) bond motifs is 1. The molecule has 2 aromatic carbocycles. The van der Waals surface area contributed by atoms with Gasteiger partial charge < -0.3 is 24.3 Å². The first-order valence-electron chi connectivity index (χ1n) is 10.1. The first-order valence-corrected chi connectivity index (χ1v) is 10.1. The molecule has 162 valence electrons. The highest BCUT2D eigenvalue weighted by Gasteiger charge is 2.63. The maximum Gasteiger partial charge on any atom is 0.407 e. The summed E-state index contributed by atoms with van der Waals surface area (Å²) in [6.07, 6.45) is -3.30. The summed E-state index contributed by atoms with van der Waals surface area (Å²) in [5.41, 5.74) is 11.2. The van der Waals surface area contributed by atoms with Crippen LogP contribution in [0.1, 0.15) is 11.1 Å². The van der Waals surface area contributed by atoms with Crippen LogP contribution >= 0.6 is 0 Å². The Morgan fingerprint density at radius 2 is 1.52 bits per heavy atom. The number of hydrogen-bond donors (Lipinski definition) is 1. The lowest BCUT2D eigenvalue weighted by atomic mass is 9.87. The largest absolute Gasteiger partial charge is 0.441 e. The van der Waals surface area contributed by atoms with Gasteiger partial charge in [0.05, 0.1) is 25.4 Å². The average Bonchev–Trinajstić information content (AvgIpc) is 3.60. The molecule has 1 amide bonds. The van der Waals surface area contributed by atoms with Crippen LogP contribution in [0.4, 0.5) is 4.79 Å². The molecule has 4 rings (SSSR count). The van der Waals surface area contributed by atoms with Crippen LogP contribution in [-0.2, 0) is 32.2 Å². The smallest absolute Gasteiger partial charge is 0.407 e. The normalized spacial score (nSPS) is 28.7. The highest BCUT2D eigenvalue weighted by Crippen LogP contribution is 2.43. The van der Waals surface area contributed by atoms with Crippen molar-refractivity contribution < 1.29 is 23.7 Å². The van der Waals surface area contributed by atoms with Crippen LogP contribution in [0.15, 0.2) is 65.8 Å². The van der Waals surface area contributed by atoms with E-state index in [0.29, 0.717) is 6.61 Å². The summed E-state index contributed by atoms with van der Waals surface area (Å²) < 4.78 is 23.6. The van der Waals surface area contributed by atoms with Crippen LogP contribution in [0.2, 0.25) is 0 Å². The van der Waals surface area contributed by atoms with Crippen molar-refractivity contribution in [1.82, 2.24) is 5.32 Å². The van der Waals surface area contributed by atoms with Gasteiger partial charge in [-0.3, -0.25) is 0 Å². The first kappa shape index (κ1) is 21.1. The second-order valence-electron chi connectivity index (χ2n) is 7.40. The molecule has 1 N–H and O–H groups in total. The van der Waals surface area contributed by atoms with E-state index in [1.165, 1.54) is 7.05 Å². The standard InChI is InChI=1S/C22H24N4O5/c1-24-22(27)31-20-18(29-13-15-10-6-3-7-11-15)16(25-26-23)17(19-21(20)30-19)28-12-14-8-4-2-5-9-14/h2-11,16-21H,12-13H2,1H3,(H,24,27)/t16-,17-,18+,19-,20-,21-/m0/s1. The molecule has 2 fully saturated rings. The number of carbonyl (C=O) groups is 1. The molecule has 1 heterocycles. The molecular formula is C22H24N4O5. The third-order valence-corrected chi connectivity index (χ3v) is 5.41. The van der Waals surface area contributed by atoms with E-state index in [1.54, 1.807) is 0 Å². The number of ether oxygens (including phenoxy) is 4. The number of azide groups is 1. The van der Waals surface area contributed by atoms with E-state index in [9.17, 15) is 10.3 Å². The minimum absolute atomic E-state index is 0.263. The fraction of sp³-hybridized carbons (Fsp3) is 0.409. The summed E-state index contributed by atoms with van der Waals surface area (Å²) in [6, 6.07) is 18.6. The Hall–Kier alpha value is -3.10. The zero-order valence-electron chi connectivity index (χ0n) is 17.0. The van der Waals surface area contributed by atoms with E-state index in [2.05, 4.69) is 15.3 Å². The molecule has 31 heavy (non-hydrogen) atoms. The second kappa shape index (κ2) is 9.80. The van der Waals surface area contributed by atoms with E-state index in [4.69, 9.17) is 18.9 Å².